The zero-order valence-electron chi connectivity index (χ0n) is 13.7. The number of aromatic nitrogens is 1. The van der Waals surface area contributed by atoms with Crippen molar-refractivity contribution in [3.63, 3.8) is 0 Å². The standard InChI is InChI=1S/C21H10F3N3/c22-21(23,24)15-8-9-19-17(10-15)16-6-1-2-7-18(16)27(19)20-13(11-25)4-3-5-14(20)12-26/h1-10H. The van der Waals surface area contributed by atoms with Crippen LogP contribution in [0.1, 0.15) is 16.7 Å². The summed E-state index contributed by atoms with van der Waals surface area (Å²) in [5, 5.41) is 20.1. The van der Waals surface area contributed by atoms with E-state index in [1.54, 1.807) is 47.0 Å². The second kappa shape index (κ2) is 5.89. The monoisotopic (exact) mass is 361 g/mol. The van der Waals surface area contributed by atoms with E-state index in [0.717, 1.165) is 12.1 Å². The van der Waals surface area contributed by atoms with Crippen molar-refractivity contribution >= 4 is 21.8 Å². The van der Waals surface area contributed by atoms with Gasteiger partial charge in [0.15, 0.2) is 0 Å². The molecule has 4 aromatic rings. The molecule has 1 aromatic heterocycles. The van der Waals surface area contributed by atoms with Crippen molar-refractivity contribution < 1.29 is 13.2 Å². The van der Waals surface area contributed by atoms with E-state index in [1.165, 1.54) is 6.07 Å². The number of nitriles is 2. The van der Waals surface area contributed by atoms with Gasteiger partial charge >= 0.3 is 6.18 Å². The fourth-order valence-corrected chi connectivity index (χ4v) is 3.35. The fourth-order valence-electron chi connectivity index (χ4n) is 3.35. The van der Waals surface area contributed by atoms with E-state index in [0.29, 0.717) is 27.5 Å². The minimum absolute atomic E-state index is 0.275. The van der Waals surface area contributed by atoms with Crippen molar-refractivity contribution in [2.75, 3.05) is 0 Å². The molecule has 0 amide bonds. The van der Waals surface area contributed by atoms with E-state index in [4.69, 9.17) is 0 Å². The van der Waals surface area contributed by atoms with Crippen molar-refractivity contribution in [2.24, 2.45) is 0 Å². The molecule has 0 radical (unpaired) electrons. The summed E-state index contributed by atoms with van der Waals surface area (Å²) in [5.74, 6) is 0. The highest BCUT2D eigenvalue weighted by Crippen LogP contribution is 2.38. The van der Waals surface area contributed by atoms with Gasteiger partial charge in [-0.3, -0.25) is 0 Å². The number of hydrogen-bond acceptors (Lipinski definition) is 2. The highest BCUT2D eigenvalue weighted by Gasteiger charge is 2.31. The molecule has 0 N–H and O–H groups in total. The maximum absolute atomic E-state index is 13.2. The van der Waals surface area contributed by atoms with Crippen LogP contribution in [0.25, 0.3) is 27.5 Å². The molecule has 0 unspecified atom stereocenters. The Bertz CT molecular complexity index is 1250. The lowest BCUT2D eigenvalue weighted by molar-refractivity contribution is -0.137. The molecule has 1 heterocycles. The minimum atomic E-state index is -4.46. The Morgan fingerprint density at radius 1 is 0.741 bits per heavy atom. The van der Waals surface area contributed by atoms with E-state index >= 15 is 0 Å². The predicted molar refractivity (Wildman–Crippen MR) is 95.2 cm³/mol. The van der Waals surface area contributed by atoms with Crippen LogP contribution in [0.4, 0.5) is 13.2 Å². The third-order valence-corrected chi connectivity index (χ3v) is 4.50. The lowest BCUT2D eigenvalue weighted by atomic mass is 10.1. The van der Waals surface area contributed by atoms with Gasteiger partial charge in [-0.1, -0.05) is 24.3 Å². The van der Waals surface area contributed by atoms with E-state index in [1.807, 2.05) is 0 Å². The molecule has 0 saturated carbocycles. The van der Waals surface area contributed by atoms with E-state index in [-0.39, 0.29) is 11.1 Å². The normalized spacial score (nSPS) is 11.4. The Morgan fingerprint density at radius 2 is 1.37 bits per heavy atom. The van der Waals surface area contributed by atoms with Crippen molar-refractivity contribution in [2.45, 2.75) is 6.18 Å². The van der Waals surface area contributed by atoms with Crippen LogP contribution in [-0.4, -0.2) is 4.57 Å². The van der Waals surface area contributed by atoms with Crippen LogP contribution in [0.3, 0.4) is 0 Å². The van der Waals surface area contributed by atoms with Crippen molar-refractivity contribution in [3.05, 3.63) is 77.4 Å². The highest BCUT2D eigenvalue weighted by atomic mass is 19.4. The van der Waals surface area contributed by atoms with Gasteiger partial charge in [0, 0.05) is 10.8 Å². The molecule has 3 aromatic carbocycles. The molecular formula is C21H10F3N3. The zero-order valence-corrected chi connectivity index (χ0v) is 13.7. The number of fused-ring (bicyclic) bond motifs is 3. The SMILES string of the molecule is N#Cc1cccc(C#N)c1-n1c2ccccc2c2cc(C(F)(F)F)ccc21. The van der Waals surface area contributed by atoms with E-state index in [2.05, 4.69) is 12.1 Å². The van der Waals surface area contributed by atoms with Crippen LogP contribution in [-0.2, 0) is 6.18 Å². The van der Waals surface area contributed by atoms with Crippen molar-refractivity contribution in [3.8, 4) is 17.8 Å². The number of halogens is 3. The molecule has 0 saturated heterocycles. The third-order valence-electron chi connectivity index (χ3n) is 4.50. The molecule has 0 aliphatic rings. The number of rotatable bonds is 1. The molecule has 0 spiro atoms. The van der Waals surface area contributed by atoms with Gasteiger partial charge in [0.05, 0.1) is 33.4 Å². The van der Waals surface area contributed by atoms with Crippen LogP contribution < -0.4 is 0 Å². The first kappa shape index (κ1) is 16.7. The molecular weight excluding hydrogens is 351 g/mol. The molecule has 0 aliphatic heterocycles. The average molecular weight is 361 g/mol. The molecule has 0 fully saturated rings. The Morgan fingerprint density at radius 3 is 2.00 bits per heavy atom. The van der Waals surface area contributed by atoms with Gasteiger partial charge in [-0.15, -0.1) is 0 Å². The smallest absolute Gasteiger partial charge is 0.307 e. The van der Waals surface area contributed by atoms with Crippen LogP contribution in [0, 0.1) is 22.7 Å². The molecule has 0 bridgehead atoms. The summed E-state index contributed by atoms with van der Waals surface area (Å²) in [6.07, 6.45) is -4.46. The molecule has 0 aliphatic carbocycles. The van der Waals surface area contributed by atoms with Crippen LogP contribution in [0.15, 0.2) is 60.7 Å². The van der Waals surface area contributed by atoms with E-state index < -0.39 is 11.7 Å². The Labute approximate surface area is 152 Å². The number of nitrogens with zero attached hydrogens (tertiary/aromatic N) is 3. The minimum Gasteiger partial charge on any atom is -0.307 e. The third kappa shape index (κ3) is 2.51. The van der Waals surface area contributed by atoms with Crippen LogP contribution in [0.2, 0.25) is 0 Å². The quantitative estimate of drug-likeness (QED) is 0.447. The second-order valence-electron chi connectivity index (χ2n) is 6.01. The summed E-state index contributed by atoms with van der Waals surface area (Å²) in [7, 11) is 0. The largest absolute Gasteiger partial charge is 0.416 e. The van der Waals surface area contributed by atoms with Gasteiger partial charge < -0.3 is 4.57 Å². The van der Waals surface area contributed by atoms with Gasteiger partial charge in [0.2, 0.25) is 0 Å². The lowest BCUT2D eigenvalue weighted by Gasteiger charge is -2.12. The molecule has 3 nitrogen and oxygen atoms in total. The summed E-state index contributed by atoms with van der Waals surface area (Å²) in [5.41, 5.74) is 1.31. The van der Waals surface area contributed by atoms with Gasteiger partial charge in [0.25, 0.3) is 0 Å². The summed E-state index contributed by atoms with van der Waals surface area (Å²) < 4.78 is 41.3. The average Bonchev–Trinajstić information content (AvgIpc) is 3.00. The number of benzene rings is 3. The second-order valence-corrected chi connectivity index (χ2v) is 6.01. The lowest BCUT2D eigenvalue weighted by Crippen LogP contribution is -2.05. The number of alkyl halides is 3. The van der Waals surface area contributed by atoms with Crippen LogP contribution in [0.5, 0.6) is 0 Å². The predicted octanol–water partition coefficient (Wildman–Crippen LogP) is 5.55. The first-order valence-electron chi connectivity index (χ1n) is 7.99. The first-order valence-corrected chi connectivity index (χ1v) is 7.99. The molecule has 0 atom stereocenters. The van der Waals surface area contributed by atoms with E-state index in [9.17, 15) is 23.7 Å². The maximum Gasteiger partial charge on any atom is 0.416 e. The zero-order chi connectivity index (χ0) is 19.2. The Kier molecular flexibility index (Phi) is 3.64. The number of para-hydroxylation sites is 2. The summed E-state index contributed by atoms with van der Waals surface area (Å²) >= 11 is 0. The number of hydrogen-bond donors (Lipinski definition) is 0. The highest BCUT2D eigenvalue weighted by molar-refractivity contribution is 6.09. The molecule has 4 rings (SSSR count). The van der Waals surface area contributed by atoms with Gasteiger partial charge in [0.1, 0.15) is 12.1 Å². The topological polar surface area (TPSA) is 52.5 Å². The Hall–Kier alpha value is -3.77. The molecule has 6 heteroatoms. The van der Waals surface area contributed by atoms with Crippen LogP contribution >= 0.6 is 0 Å². The van der Waals surface area contributed by atoms with Gasteiger partial charge in [-0.2, -0.15) is 23.7 Å². The summed E-state index contributed by atoms with van der Waals surface area (Å²) in [6, 6.07) is 19.4. The summed E-state index contributed by atoms with van der Waals surface area (Å²) in [4.78, 5) is 0. The van der Waals surface area contributed by atoms with Gasteiger partial charge in [-0.05, 0) is 36.4 Å². The summed E-state index contributed by atoms with van der Waals surface area (Å²) in [6.45, 7) is 0. The first-order chi connectivity index (χ1) is 13.0. The van der Waals surface area contributed by atoms with Gasteiger partial charge in [-0.25, -0.2) is 0 Å². The molecule has 130 valence electrons. The fraction of sp³-hybridized carbons (Fsp3) is 0.0476. The molecule has 27 heavy (non-hydrogen) atoms. The maximum atomic E-state index is 13.2. The van der Waals surface area contributed by atoms with Crippen molar-refractivity contribution in [1.82, 2.24) is 4.57 Å². The Balaban J connectivity index is 2.21. The van der Waals surface area contributed by atoms with Crippen molar-refractivity contribution in [1.29, 1.82) is 10.5 Å².